The van der Waals surface area contributed by atoms with Gasteiger partial charge in [0, 0.05) is 0 Å². The second kappa shape index (κ2) is 5.54. The van der Waals surface area contributed by atoms with Gasteiger partial charge in [0.05, 0.1) is 0 Å². The molecule has 0 fully saturated rings. The maximum atomic E-state index is 5.82. The fourth-order valence-corrected chi connectivity index (χ4v) is 1.82. The Bertz CT molecular complexity index is 541. The number of aryl methyl sites for hydroxylation is 1. The monoisotopic (exact) mass is 238 g/mol. The molecule has 0 atom stereocenters. The number of rotatable bonds is 4. The van der Waals surface area contributed by atoms with Gasteiger partial charge in [-0.05, 0) is 42.7 Å². The van der Waals surface area contributed by atoms with E-state index in [0.717, 1.165) is 16.9 Å². The van der Waals surface area contributed by atoms with Gasteiger partial charge in [-0.25, -0.2) is 0 Å². The summed E-state index contributed by atoms with van der Waals surface area (Å²) in [7, 11) is 0. The molecule has 18 heavy (non-hydrogen) atoms. The van der Waals surface area contributed by atoms with Crippen molar-refractivity contribution in [2.24, 2.45) is 0 Å². The Hall–Kier alpha value is -2.02. The van der Waals surface area contributed by atoms with E-state index in [0.29, 0.717) is 6.61 Å². The molecule has 2 aromatic rings. The van der Waals surface area contributed by atoms with E-state index in [1.54, 1.807) is 0 Å². The van der Waals surface area contributed by atoms with Crippen LogP contribution in [-0.4, -0.2) is 0 Å². The van der Waals surface area contributed by atoms with Gasteiger partial charge in [0.1, 0.15) is 12.4 Å². The molecule has 0 saturated carbocycles. The lowest BCUT2D eigenvalue weighted by Crippen LogP contribution is -1.96. The Morgan fingerprint density at radius 1 is 1.11 bits per heavy atom. The van der Waals surface area contributed by atoms with Gasteiger partial charge < -0.3 is 4.74 Å². The molecule has 0 spiro atoms. The van der Waals surface area contributed by atoms with Crippen molar-refractivity contribution in [1.82, 2.24) is 0 Å². The van der Waals surface area contributed by atoms with Crippen LogP contribution < -0.4 is 4.74 Å². The fraction of sp³-hybridized carbons (Fsp3) is 0.176. The van der Waals surface area contributed by atoms with Crippen molar-refractivity contribution >= 4 is 5.57 Å². The predicted octanol–water partition coefficient (Wildman–Crippen LogP) is 4.61. The van der Waals surface area contributed by atoms with Crippen LogP contribution in [0.15, 0.2) is 55.1 Å². The molecule has 2 rings (SSSR count). The Balaban J connectivity index is 2.12. The van der Waals surface area contributed by atoms with Crippen LogP contribution in [-0.2, 0) is 6.61 Å². The third-order valence-corrected chi connectivity index (χ3v) is 2.79. The van der Waals surface area contributed by atoms with Crippen LogP contribution >= 0.6 is 0 Å². The van der Waals surface area contributed by atoms with E-state index in [9.17, 15) is 0 Å². The molecule has 0 aliphatic rings. The highest BCUT2D eigenvalue weighted by atomic mass is 16.5. The van der Waals surface area contributed by atoms with Crippen molar-refractivity contribution in [2.45, 2.75) is 20.5 Å². The van der Waals surface area contributed by atoms with Crippen molar-refractivity contribution in [1.29, 1.82) is 0 Å². The van der Waals surface area contributed by atoms with E-state index < -0.39 is 0 Å². The first-order valence-electron chi connectivity index (χ1n) is 6.09. The third-order valence-electron chi connectivity index (χ3n) is 2.79. The van der Waals surface area contributed by atoms with Gasteiger partial charge in [-0.3, -0.25) is 0 Å². The lowest BCUT2D eigenvalue weighted by molar-refractivity contribution is 0.306. The number of allylic oxidation sites excluding steroid dienone is 1. The van der Waals surface area contributed by atoms with E-state index in [1.165, 1.54) is 11.1 Å². The number of hydrogen-bond donors (Lipinski definition) is 0. The van der Waals surface area contributed by atoms with E-state index in [1.807, 2.05) is 31.2 Å². The van der Waals surface area contributed by atoms with Crippen LogP contribution in [0.5, 0.6) is 5.75 Å². The lowest BCUT2D eigenvalue weighted by Gasteiger charge is -2.10. The number of hydrogen-bond acceptors (Lipinski definition) is 1. The molecule has 2 aromatic carbocycles. The maximum Gasteiger partial charge on any atom is 0.120 e. The topological polar surface area (TPSA) is 9.23 Å². The SMILES string of the molecule is C=C(C)c1cc(C)cc(OCc2ccccc2)c1. The minimum Gasteiger partial charge on any atom is -0.489 e. The summed E-state index contributed by atoms with van der Waals surface area (Å²) in [5.74, 6) is 0.900. The summed E-state index contributed by atoms with van der Waals surface area (Å²) in [5.41, 5.74) is 4.57. The van der Waals surface area contributed by atoms with Crippen LogP contribution in [0.4, 0.5) is 0 Å². The largest absolute Gasteiger partial charge is 0.489 e. The minimum absolute atomic E-state index is 0.597. The Kier molecular flexibility index (Phi) is 3.83. The zero-order valence-corrected chi connectivity index (χ0v) is 10.9. The normalized spacial score (nSPS) is 10.1. The summed E-state index contributed by atoms with van der Waals surface area (Å²) >= 11 is 0. The van der Waals surface area contributed by atoms with Crippen molar-refractivity contribution in [3.8, 4) is 5.75 Å². The van der Waals surface area contributed by atoms with Crippen LogP contribution in [0.25, 0.3) is 5.57 Å². The van der Waals surface area contributed by atoms with Gasteiger partial charge in [-0.2, -0.15) is 0 Å². The fourth-order valence-electron chi connectivity index (χ4n) is 1.82. The van der Waals surface area contributed by atoms with E-state index in [2.05, 4.69) is 37.8 Å². The number of ether oxygens (including phenoxy) is 1. The molecule has 0 saturated heterocycles. The molecule has 0 amide bonds. The highest BCUT2D eigenvalue weighted by Crippen LogP contribution is 2.22. The predicted molar refractivity (Wildman–Crippen MR) is 76.7 cm³/mol. The molecule has 0 heterocycles. The first-order chi connectivity index (χ1) is 8.65. The van der Waals surface area contributed by atoms with Gasteiger partial charge >= 0.3 is 0 Å². The standard InChI is InChI=1S/C17H18O/c1-13(2)16-9-14(3)10-17(11-16)18-12-15-7-5-4-6-8-15/h4-11H,1,12H2,2-3H3. The quantitative estimate of drug-likeness (QED) is 0.756. The highest BCUT2D eigenvalue weighted by Gasteiger charge is 2.01. The van der Waals surface area contributed by atoms with Gasteiger partial charge in [0.15, 0.2) is 0 Å². The molecule has 0 N–H and O–H groups in total. The zero-order valence-electron chi connectivity index (χ0n) is 10.9. The first-order valence-corrected chi connectivity index (χ1v) is 6.09. The smallest absolute Gasteiger partial charge is 0.120 e. The Morgan fingerprint density at radius 3 is 2.50 bits per heavy atom. The van der Waals surface area contributed by atoms with Gasteiger partial charge in [-0.1, -0.05) is 48.6 Å². The second-order valence-electron chi connectivity index (χ2n) is 4.59. The van der Waals surface area contributed by atoms with Crippen LogP contribution in [0.3, 0.4) is 0 Å². The molecule has 0 unspecified atom stereocenters. The Morgan fingerprint density at radius 2 is 1.83 bits per heavy atom. The summed E-state index contributed by atoms with van der Waals surface area (Å²) in [6.07, 6.45) is 0. The van der Waals surface area contributed by atoms with Gasteiger partial charge in [-0.15, -0.1) is 0 Å². The molecule has 0 bridgehead atoms. The zero-order chi connectivity index (χ0) is 13.0. The lowest BCUT2D eigenvalue weighted by atomic mass is 10.1. The summed E-state index contributed by atoms with van der Waals surface area (Å²) in [4.78, 5) is 0. The first kappa shape index (κ1) is 12.4. The van der Waals surface area contributed by atoms with Crippen LogP contribution in [0.2, 0.25) is 0 Å². The second-order valence-corrected chi connectivity index (χ2v) is 4.59. The van der Waals surface area contributed by atoms with E-state index in [4.69, 9.17) is 4.74 Å². The average molecular weight is 238 g/mol. The minimum atomic E-state index is 0.597. The summed E-state index contributed by atoms with van der Waals surface area (Å²) in [6.45, 7) is 8.65. The van der Waals surface area contributed by atoms with Crippen LogP contribution in [0, 0.1) is 6.92 Å². The summed E-state index contributed by atoms with van der Waals surface area (Å²) < 4.78 is 5.82. The summed E-state index contributed by atoms with van der Waals surface area (Å²) in [5, 5.41) is 0. The highest BCUT2D eigenvalue weighted by molar-refractivity contribution is 5.63. The molecular formula is C17H18O. The molecule has 0 radical (unpaired) electrons. The van der Waals surface area contributed by atoms with Crippen molar-refractivity contribution in [3.63, 3.8) is 0 Å². The molecule has 1 heteroatoms. The van der Waals surface area contributed by atoms with E-state index >= 15 is 0 Å². The van der Waals surface area contributed by atoms with Crippen molar-refractivity contribution < 1.29 is 4.74 Å². The Labute approximate surface area is 109 Å². The van der Waals surface area contributed by atoms with Crippen molar-refractivity contribution in [3.05, 3.63) is 71.8 Å². The summed E-state index contributed by atoms with van der Waals surface area (Å²) in [6, 6.07) is 16.4. The third kappa shape index (κ3) is 3.24. The van der Waals surface area contributed by atoms with Gasteiger partial charge in [0.25, 0.3) is 0 Å². The average Bonchev–Trinajstić information content (AvgIpc) is 2.37. The van der Waals surface area contributed by atoms with Crippen molar-refractivity contribution in [2.75, 3.05) is 0 Å². The number of benzene rings is 2. The van der Waals surface area contributed by atoms with Crippen LogP contribution in [0.1, 0.15) is 23.6 Å². The molecule has 0 aromatic heterocycles. The molecule has 1 nitrogen and oxygen atoms in total. The molecule has 92 valence electrons. The molecule has 0 aliphatic carbocycles. The molecular weight excluding hydrogens is 220 g/mol. The maximum absolute atomic E-state index is 5.82. The molecule has 0 aliphatic heterocycles. The van der Waals surface area contributed by atoms with E-state index in [-0.39, 0.29) is 0 Å². The van der Waals surface area contributed by atoms with Gasteiger partial charge in [0.2, 0.25) is 0 Å².